The molecule has 1 aromatic heterocycles. The Kier molecular flexibility index (Phi) is 7.32. The van der Waals surface area contributed by atoms with E-state index < -0.39 is 6.04 Å². The van der Waals surface area contributed by atoms with Crippen LogP contribution in [0.4, 0.5) is 0 Å². The number of hydrogen-bond acceptors (Lipinski definition) is 5. The summed E-state index contributed by atoms with van der Waals surface area (Å²) in [5.41, 5.74) is 2.87. The van der Waals surface area contributed by atoms with E-state index in [1.807, 2.05) is 78.6 Å². The van der Waals surface area contributed by atoms with Gasteiger partial charge < -0.3 is 15.4 Å². The van der Waals surface area contributed by atoms with Crippen molar-refractivity contribution in [3.05, 3.63) is 89.7 Å². The molecule has 33 heavy (non-hydrogen) atoms. The molecule has 1 aliphatic heterocycles. The van der Waals surface area contributed by atoms with Crippen molar-refractivity contribution in [3.8, 4) is 11.5 Å². The Morgan fingerprint density at radius 2 is 1.94 bits per heavy atom. The van der Waals surface area contributed by atoms with E-state index >= 15 is 0 Å². The van der Waals surface area contributed by atoms with Crippen LogP contribution in [0.25, 0.3) is 0 Å². The lowest BCUT2D eigenvalue weighted by molar-refractivity contribution is -0.134. The molecule has 1 atom stereocenters. The fourth-order valence-electron chi connectivity index (χ4n) is 3.87. The van der Waals surface area contributed by atoms with E-state index in [2.05, 4.69) is 15.6 Å². The summed E-state index contributed by atoms with van der Waals surface area (Å²) >= 11 is 0. The van der Waals surface area contributed by atoms with E-state index in [1.54, 1.807) is 6.20 Å². The van der Waals surface area contributed by atoms with Crippen LogP contribution in [0.5, 0.6) is 11.5 Å². The van der Waals surface area contributed by atoms with Crippen molar-refractivity contribution in [2.24, 2.45) is 0 Å². The number of nitrogens with zero attached hydrogens (tertiary/aromatic N) is 2. The van der Waals surface area contributed by atoms with Crippen molar-refractivity contribution in [2.45, 2.75) is 32.5 Å². The molecule has 0 saturated carbocycles. The van der Waals surface area contributed by atoms with Crippen LogP contribution in [-0.4, -0.2) is 40.8 Å². The van der Waals surface area contributed by atoms with Crippen LogP contribution in [0.3, 0.4) is 0 Å². The molecule has 2 heterocycles. The first kappa shape index (κ1) is 22.5. The highest BCUT2D eigenvalue weighted by molar-refractivity contribution is 5.88. The maximum Gasteiger partial charge on any atom is 0.237 e. The van der Waals surface area contributed by atoms with Gasteiger partial charge in [0.1, 0.15) is 11.5 Å². The van der Waals surface area contributed by atoms with Crippen LogP contribution < -0.4 is 15.4 Å². The second kappa shape index (κ2) is 10.7. The third-order valence-electron chi connectivity index (χ3n) is 5.65. The molecule has 1 fully saturated rings. The van der Waals surface area contributed by atoms with Gasteiger partial charge >= 0.3 is 0 Å². The Hall–Kier alpha value is -3.71. The predicted octanol–water partition coefficient (Wildman–Crippen LogP) is 3.19. The lowest BCUT2D eigenvalue weighted by atomic mass is 10.1. The van der Waals surface area contributed by atoms with Gasteiger partial charge in [-0.3, -0.25) is 19.5 Å². The molecule has 3 aromatic rings. The molecule has 2 amide bonds. The standard InChI is InChI=1S/C26H28N4O3/c1-19-7-6-12-27-23(19)17-29-25(31)16-24-26(32)28-13-14-30(24)18-20-8-5-11-22(15-20)33-21-9-3-2-4-10-21/h2-12,15,24H,13-14,16-18H2,1H3,(H,28,32)(H,29,31). The average Bonchev–Trinajstić information content (AvgIpc) is 2.82. The third kappa shape index (κ3) is 6.17. The molecule has 0 spiro atoms. The van der Waals surface area contributed by atoms with Crippen LogP contribution >= 0.6 is 0 Å². The first-order chi connectivity index (χ1) is 16.1. The molecule has 1 unspecified atom stereocenters. The SMILES string of the molecule is Cc1cccnc1CNC(=O)CC1C(=O)NCCN1Cc1cccc(Oc2ccccc2)c1. The topological polar surface area (TPSA) is 83.6 Å². The third-order valence-corrected chi connectivity index (χ3v) is 5.65. The van der Waals surface area contributed by atoms with Gasteiger partial charge in [-0.25, -0.2) is 0 Å². The summed E-state index contributed by atoms with van der Waals surface area (Å²) in [6, 6.07) is 20.7. The van der Waals surface area contributed by atoms with Gasteiger partial charge in [-0.15, -0.1) is 0 Å². The molecule has 2 N–H and O–H groups in total. The fourth-order valence-corrected chi connectivity index (χ4v) is 3.87. The minimum atomic E-state index is -0.526. The van der Waals surface area contributed by atoms with E-state index in [1.165, 1.54) is 0 Å². The summed E-state index contributed by atoms with van der Waals surface area (Å²) in [5.74, 6) is 1.21. The molecule has 4 rings (SSSR count). The Morgan fingerprint density at radius 3 is 2.76 bits per heavy atom. The Labute approximate surface area is 193 Å². The normalized spacial score (nSPS) is 16.2. The molecule has 0 aliphatic carbocycles. The smallest absolute Gasteiger partial charge is 0.237 e. The summed E-state index contributed by atoms with van der Waals surface area (Å²) in [5, 5.41) is 5.78. The van der Waals surface area contributed by atoms with Crippen LogP contribution in [0.1, 0.15) is 23.2 Å². The number of pyridine rings is 1. The summed E-state index contributed by atoms with van der Waals surface area (Å²) in [4.78, 5) is 31.6. The molecule has 7 nitrogen and oxygen atoms in total. The highest BCUT2D eigenvalue weighted by atomic mass is 16.5. The molecule has 7 heteroatoms. The molecular formula is C26H28N4O3. The van der Waals surface area contributed by atoms with E-state index in [9.17, 15) is 9.59 Å². The number of carbonyl (C=O) groups excluding carboxylic acids is 2. The van der Waals surface area contributed by atoms with Crippen LogP contribution in [0, 0.1) is 6.92 Å². The first-order valence-corrected chi connectivity index (χ1v) is 11.1. The van der Waals surface area contributed by atoms with Gasteiger partial charge in [-0.1, -0.05) is 36.4 Å². The predicted molar refractivity (Wildman–Crippen MR) is 126 cm³/mol. The van der Waals surface area contributed by atoms with Gasteiger partial charge in [-0.2, -0.15) is 0 Å². The average molecular weight is 445 g/mol. The second-order valence-corrected chi connectivity index (χ2v) is 8.09. The van der Waals surface area contributed by atoms with Crippen LogP contribution in [-0.2, 0) is 22.7 Å². The van der Waals surface area contributed by atoms with E-state index in [0.29, 0.717) is 26.2 Å². The monoisotopic (exact) mass is 444 g/mol. The number of aryl methyl sites for hydroxylation is 1. The number of para-hydroxylation sites is 1. The van der Waals surface area contributed by atoms with Gasteiger partial charge in [-0.05, 0) is 48.4 Å². The molecular weight excluding hydrogens is 416 g/mol. The van der Waals surface area contributed by atoms with Crippen molar-refractivity contribution in [1.82, 2.24) is 20.5 Å². The van der Waals surface area contributed by atoms with Crippen molar-refractivity contribution in [2.75, 3.05) is 13.1 Å². The number of nitrogens with one attached hydrogen (secondary N) is 2. The molecule has 1 saturated heterocycles. The van der Waals surface area contributed by atoms with Crippen molar-refractivity contribution < 1.29 is 14.3 Å². The highest BCUT2D eigenvalue weighted by Crippen LogP contribution is 2.23. The minimum absolute atomic E-state index is 0.0952. The zero-order valence-electron chi connectivity index (χ0n) is 18.7. The maximum absolute atomic E-state index is 12.6. The number of hydrogen-bond donors (Lipinski definition) is 2. The number of amides is 2. The van der Waals surface area contributed by atoms with Crippen LogP contribution in [0.2, 0.25) is 0 Å². The van der Waals surface area contributed by atoms with Gasteiger partial charge in [0.25, 0.3) is 0 Å². The van der Waals surface area contributed by atoms with E-state index in [-0.39, 0.29) is 18.2 Å². The van der Waals surface area contributed by atoms with Gasteiger partial charge in [0.2, 0.25) is 11.8 Å². The number of piperazine rings is 1. The number of carbonyl (C=O) groups is 2. The van der Waals surface area contributed by atoms with Crippen molar-refractivity contribution >= 4 is 11.8 Å². The molecule has 170 valence electrons. The van der Waals surface area contributed by atoms with Crippen molar-refractivity contribution in [3.63, 3.8) is 0 Å². The largest absolute Gasteiger partial charge is 0.457 e. The fraction of sp³-hybridized carbons (Fsp3) is 0.269. The van der Waals surface area contributed by atoms with E-state index in [4.69, 9.17) is 4.74 Å². The molecule has 2 aromatic carbocycles. The zero-order chi connectivity index (χ0) is 23.0. The number of ether oxygens (including phenoxy) is 1. The van der Waals surface area contributed by atoms with Gasteiger partial charge in [0.05, 0.1) is 24.7 Å². The summed E-state index contributed by atoms with van der Waals surface area (Å²) in [6.45, 7) is 4.09. The van der Waals surface area contributed by atoms with Crippen LogP contribution in [0.15, 0.2) is 72.9 Å². The Bertz CT molecular complexity index is 1100. The highest BCUT2D eigenvalue weighted by Gasteiger charge is 2.31. The Balaban J connectivity index is 1.39. The van der Waals surface area contributed by atoms with E-state index in [0.717, 1.165) is 28.3 Å². The lowest BCUT2D eigenvalue weighted by Crippen LogP contribution is -2.56. The van der Waals surface area contributed by atoms with Gasteiger partial charge in [0.15, 0.2) is 0 Å². The maximum atomic E-state index is 12.6. The Morgan fingerprint density at radius 1 is 1.12 bits per heavy atom. The first-order valence-electron chi connectivity index (χ1n) is 11.1. The number of rotatable bonds is 8. The second-order valence-electron chi connectivity index (χ2n) is 8.09. The molecule has 0 bridgehead atoms. The quantitative estimate of drug-likeness (QED) is 0.558. The summed E-state index contributed by atoms with van der Waals surface area (Å²) in [6.07, 6.45) is 1.80. The number of benzene rings is 2. The van der Waals surface area contributed by atoms with Crippen molar-refractivity contribution in [1.29, 1.82) is 0 Å². The summed E-state index contributed by atoms with van der Waals surface area (Å²) < 4.78 is 5.94. The summed E-state index contributed by atoms with van der Waals surface area (Å²) in [7, 11) is 0. The van der Waals surface area contributed by atoms with Gasteiger partial charge in [0, 0.05) is 25.8 Å². The lowest BCUT2D eigenvalue weighted by Gasteiger charge is -2.34. The minimum Gasteiger partial charge on any atom is -0.457 e. The number of aromatic nitrogens is 1. The molecule has 0 radical (unpaired) electrons. The zero-order valence-corrected chi connectivity index (χ0v) is 18.7. The molecule has 1 aliphatic rings.